The third-order valence-electron chi connectivity index (χ3n) is 2.83. The van der Waals surface area contributed by atoms with Crippen molar-refractivity contribution in [3.63, 3.8) is 0 Å². The molecule has 0 unspecified atom stereocenters. The number of aryl methyl sites for hydroxylation is 1. The third-order valence-corrected chi connectivity index (χ3v) is 2.83. The second-order valence-corrected chi connectivity index (χ2v) is 4.30. The summed E-state index contributed by atoms with van der Waals surface area (Å²) in [6.07, 6.45) is 1.28. The summed E-state index contributed by atoms with van der Waals surface area (Å²) in [5.74, 6) is 0.749. The Morgan fingerprint density at radius 3 is 2.83 bits per heavy atom. The molecule has 0 saturated carbocycles. The van der Waals surface area contributed by atoms with Gasteiger partial charge < -0.3 is 9.84 Å². The Balaban J connectivity index is 2.07. The van der Waals surface area contributed by atoms with Crippen molar-refractivity contribution < 1.29 is 9.84 Å². The van der Waals surface area contributed by atoms with Crippen LogP contribution in [0.15, 0.2) is 42.6 Å². The largest absolute Gasteiger partial charge is 0.487 e. The number of benzene rings is 1. The Morgan fingerprint density at radius 2 is 2.11 bits per heavy atom. The van der Waals surface area contributed by atoms with Crippen LogP contribution >= 0.6 is 0 Å². The number of nitrogens with zero attached hydrogens (tertiary/aromatic N) is 1. The molecule has 0 saturated heterocycles. The second-order valence-electron chi connectivity index (χ2n) is 4.30. The van der Waals surface area contributed by atoms with Gasteiger partial charge in [-0.05, 0) is 43.2 Å². The van der Waals surface area contributed by atoms with Crippen molar-refractivity contribution >= 4 is 0 Å². The van der Waals surface area contributed by atoms with Crippen LogP contribution < -0.4 is 4.74 Å². The van der Waals surface area contributed by atoms with Gasteiger partial charge in [-0.1, -0.05) is 18.2 Å². The van der Waals surface area contributed by atoms with E-state index in [0.29, 0.717) is 6.61 Å². The summed E-state index contributed by atoms with van der Waals surface area (Å²) in [6, 6.07) is 11.4. The Hall–Kier alpha value is -1.87. The Labute approximate surface area is 107 Å². The lowest BCUT2D eigenvalue weighted by atomic mass is 10.1. The molecule has 0 aliphatic heterocycles. The number of aliphatic hydroxyl groups excluding tert-OH is 1. The number of pyridine rings is 1. The first kappa shape index (κ1) is 12.6. The maximum absolute atomic E-state index is 9.51. The maximum Gasteiger partial charge on any atom is 0.130 e. The highest BCUT2D eigenvalue weighted by atomic mass is 16.5. The van der Waals surface area contributed by atoms with Crippen LogP contribution in [-0.2, 0) is 6.61 Å². The van der Waals surface area contributed by atoms with Crippen LogP contribution in [0.4, 0.5) is 0 Å². The molecular formula is C15H17NO2. The van der Waals surface area contributed by atoms with Crippen LogP contribution in [0.1, 0.15) is 29.8 Å². The molecule has 3 nitrogen and oxygen atoms in total. The summed E-state index contributed by atoms with van der Waals surface area (Å²) in [4.78, 5) is 4.28. The highest BCUT2D eigenvalue weighted by Crippen LogP contribution is 2.19. The molecule has 0 spiro atoms. The Morgan fingerprint density at radius 1 is 1.28 bits per heavy atom. The molecule has 3 heteroatoms. The molecule has 0 bridgehead atoms. The predicted molar refractivity (Wildman–Crippen MR) is 70.4 cm³/mol. The fraction of sp³-hybridized carbons (Fsp3) is 0.267. The van der Waals surface area contributed by atoms with Crippen LogP contribution in [0.3, 0.4) is 0 Å². The van der Waals surface area contributed by atoms with Crippen molar-refractivity contribution in [2.45, 2.75) is 26.6 Å². The SMILES string of the molecule is Cc1cccnc1COc1cccc([C@H](C)O)c1. The van der Waals surface area contributed by atoms with Gasteiger partial charge in [0.1, 0.15) is 12.4 Å². The molecule has 0 amide bonds. The van der Waals surface area contributed by atoms with E-state index in [9.17, 15) is 5.11 Å². The van der Waals surface area contributed by atoms with Crippen LogP contribution in [-0.4, -0.2) is 10.1 Å². The minimum Gasteiger partial charge on any atom is -0.487 e. The first-order chi connectivity index (χ1) is 8.66. The van der Waals surface area contributed by atoms with E-state index in [1.165, 1.54) is 0 Å². The number of rotatable bonds is 4. The van der Waals surface area contributed by atoms with E-state index in [4.69, 9.17) is 4.74 Å². The maximum atomic E-state index is 9.51. The Kier molecular flexibility index (Phi) is 3.95. The molecule has 1 aromatic heterocycles. The molecule has 18 heavy (non-hydrogen) atoms. The van der Waals surface area contributed by atoms with Gasteiger partial charge in [-0.25, -0.2) is 0 Å². The highest BCUT2D eigenvalue weighted by molar-refractivity contribution is 5.30. The van der Waals surface area contributed by atoms with E-state index >= 15 is 0 Å². The molecule has 1 aromatic carbocycles. The zero-order valence-electron chi connectivity index (χ0n) is 10.6. The van der Waals surface area contributed by atoms with Crippen LogP contribution in [0.2, 0.25) is 0 Å². The molecule has 94 valence electrons. The molecule has 2 rings (SSSR count). The van der Waals surface area contributed by atoms with E-state index in [1.54, 1.807) is 13.1 Å². The van der Waals surface area contributed by atoms with Gasteiger partial charge in [0.15, 0.2) is 0 Å². The number of hydrogen-bond donors (Lipinski definition) is 1. The molecule has 1 heterocycles. The first-order valence-electron chi connectivity index (χ1n) is 5.98. The number of aromatic nitrogens is 1. The van der Waals surface area contributed by atoms with Crippen molar-refractivity contribution in [1.82, 2.24) is 4.98 Å². The monoisotopic (exact) mass is 243 g/mol. The second kappa shape index (κ2) is 5.65. The summed E-state index contributed by atoms with van der Waals surface area (Å²) in [5, 5.41) is 9.51. The van der Waals surface area contributed by atoms with Crippen molar-refractivity contribution in [3.05, 3.63) is 59.4 Å². The van der Waals surface area contributed by atoms with E-state index in [-0.39, 0.29) is 0 Å². The topological polar surface area (TPSA) is 42.4 Å². The molecule has 0 radical (unpaired) electrons. The van der Waals surface area contributed by atoms with Gasteiger partial charge in [0.2, 0.25) is 0 Å². The van der Waals surface area contributed by atoms with Gasteiger partial charge in [0.25, 0.3) is 0 Å². The summed E-state index contributed by atoms with van der Waals surface area (Å²) in [6.45, 7) is 4.19. The molecule has 0 aliphatic carbocycles. The summed E-state index contributed by atoms with van der Waals surface area (Å²) in [5.41, 5.74) is 2.90. The van der Waals surface area contributed by atoms with Crippen LogP contribution in [0.5, 0.6) is 5.75 Å². The molecule has 0 fully saturated rings. The van der Waals surface area contributed by atoms with Gasteiger partial charge in [-0.15, -0.1) is 0 Å². The first-order valence-corrected chi connectivity index (χ1v) is 5.98. The van der Waals surface area contributed by atoms with Gasteiger partial charge in [-0.3, -0.25) is 4.98 Å². The number of aliphatic hydroxyl groups is 1. The van der Waals surface area contributed by atoms with Gasteiger partial charge in [0, 0.05) is 6.20 Å². The minimum absolute atomic E-state index is 0.440. The smallest absolute Gasteiger partial charge is 0.130 e. The fourth-order valence-corrected chi connectivity index (χ4v) is 1.69. The van der Waals surface area contributed by atoms with Crippen molar-refractivity contribution in [1.29, 1.82) is 0 Å². The highest BCUT2D eigenvalue weighted by Gasteiger charge is 2.04. The van der Waals surface area contributed by atoms with E-state index < -0.39 is 6.10 Å². The van der Waals surface area contributed by atoms with Crippen molar-refractivity contribution in [2.75, 3.05) is 0 Å². The average Bonchev–Trinajstić information content (AvgIpc) is 2.38. The molecule has 1 N–H and O–H groups in total. The molecular weight excluding hydrogens is 226 g/mol. The lowest BCUT2D eigenvalue weighted by Crippen LogP contribution is -2.01. The summed E-state index contributed by atoms with van der Waals surface area (Å²) < 4.78 is 5.69. The van der Waals surface area contributed by atoms with Crippen molar-refractivity contribution in [2.24, 2.45) is 0 Å². The molecule has 0 aliphatic rings. The van der Waals surface area contributed by atoms with E-state index in [0.717, 1.165) is 22.6 Å². The van der Waals surface area contributed by atoms with Crippen LogP contribution in [0.25, 0.3) is 0 Å². The lowest BCUT2D eigenvalue weighted by Gasteiger charge is -2.10. The lowest BCUT2D eigenvalue weighted by molar-refractivity contribution is 0.198. The normalized spacial score (nSPS) is 12.2. The summed E-state index contributed by atoms with van der Waals surface area (Å²) in [7, 11) is 0. The quantitative estimate of drug-likeness (QED) is 0.897. The number of hydrogen-bond acceptors (Lipinski definition) is 3. The minimum atomic E-state index is -0.481. The fourth-order valence-electron chi connectivity index (χ4n) is 1.69. The van der Waals surface area contributed by atoms with E-state index in [1.807, 2.05) is 43.3 Å². The predicted octanol–water partition coefficient (Wildman–Crippen LogP) is 3.02. The zero-order chi connectivity index (χ0) is 13.0. The Bertz CT molecular complexity index is 523. The zero-order valence-corrected chi connectivity index (χ0v) is 10.6. The molecule has 1 atom stereocenters. The average molecular weight is 243 g/mol. The van der Waals surface area contributed by atoms with Crippen LogP contribution in [0, 0.1) is 6.92 Å². The van der Waals surface area contributed by atoms with Crippen molar-refractivity contribution in [3.8, 4) is 5.75 Å². The number of ether oxygens (including phenoxy) is 1. The van der Waals surface area contributed by atoms with Gasteiger partial charge >= 0.3 is 0 Å². The molecule has 2 aromatic rings. The standard InChI is InChI=1S/C15H17NO2/c1-11-5-4-8-16-15(11)10-18-14-7-3-6-13(9-14)12(2)17/h3-9,12,17H,10H2,1-2H3/t12-/m0/s1. The van der Waals surface area contributed by atoms with Gasteiger partial charge in [0.05, 0.1) is 11.8 Å². The van der Waals surface area contributed by atoms with Gasteiger partial charge in [-0.2, -0.15) is 0 Å². The summed E-state index contributed by atoms with van der Waals surface area (Å²) >= 11 is 0. The van der Waals surface area contributed by atoms with E-state index in [2.05, 4.69) is 4.98 Å². The third kappa shape index (κ3) is 3.08.